The van der Waals surface area contributed by atoms with E-state index in [9.17, 15) is 4.79 Å². The topological polar surface area (TPSA) is 117 Å². The summed E-state index contributed by atoms with van der Waals surface area (Å²) in [5, 5.41) is 7.97. The van der Waals surface area contributed by atoms with Crippen molar-refractivity contribution in [1.82, 2.24) is 24.5 Å². The van der Waals surface area contributed by atoms with Gasteiger partial charge < -0.3 is 27.9 Å². The van der Waals surface area contributed by atoms with E-state index in [0.717, 1.165) is 28.1 Å². The van der Waals surface area contributed by atoms with E-state index in [-0.39, 0.29) is 18.6 Å². The van der Waals surface area contributed by atoms with E-state index in [0.29, 0.717) is 65.5 Å². The number of imidazole rings is 1. The maximum absolute atomic E-state index is 12.9. The number of thiazole rings is 1. The fourth-order valence-electron chi connectivity index (χ4n) is 5.06. The van der Waals surface area contributed by atoms with Gasteiger partial charge in [0.25, 0.3) is 5.91 Å². The second kappa shape index (κ2) is 11.2. The van der Waals surface area contributed by atoms with Gasteiger partial charge in [-0.25, -0.2) is 4.98 Å². The van der Waals surface area contributed by atoms with Gasteiger partial charge in [0, 0.05) is 48.7 Å². The van der Waals surface area contributed by atoms with Crippen LogP contribution in [0, 0.1) is 0 Å². The summed E-state index contributed by atoms with van der Waals surface area (Å²) in [5.74, 6) is 2.80. The van der Waals surface area contributed by atoms with Crippen LogP contribution in [0.15, 0.2) is 62.9 Å². The Morgan fingerprint density at radius 2 is 2.02 bits per heavy atom. The minimum Gasteiger partial charge on any atom is -0.496 e. The molecule has 0 N–H and O–H groups in total. The summed E-state index contributed by atoms with van der Waals surface area (Å²) in [6, 6.07) is 13.2. The Kier molecular flexibility index (Phi) is 7.07. The largest absolute Gasteiger partial charge is 0.496 e. The summed E-state index contributed by atoms with van der Waals surface area (Å²) in [6.07, 6.45) is 3.33. The number of amides is 1. The number of hydrogen-bond donors (Lipinski definition) is 0. The molecular formula is C31H29N5O6S. The maximum Gasteiger partial charge on any atom is 0.325 e. The zero-order valence-electron chi connectivity index (χ0n) is 23.9. The molecule has 0 aliphatic carbocycles. The molecule has 7 rings (SSSR count). The zero-order chi connectivity index (χ0) is 29.5. The van der Waals surface area contributed by atoms with Gasteiger partial charge in [-0.2, -0.15) is 9.50 Å². The van der Waals surface area contributed by atoms with Crippen LogP contribution in [0.5, 0.6) is 11.5 Å². The number of rotatable bonds is 9. The Balaban J connectivity index is 1.07. The highest BCUT2D eigenvalue weighted by Gasteiger charge is 2.25. The van der Waals surface area contributed by atoms with Gasteiger partial charge in [0.15, 0.2) is 5.76 Å². The molecule has 1 fully saturated rings. The highest BCUT2D eigenvalue weighted by Crippen LogP contribution is 2.37. The summed E-state index contributed by atoms with van der Waals surface area (Å²) in [4.78, 5) is 24.0. The summed E-state index contributed by atoms with van der Waals surface area (Å²) in [5.41, 5.74) is 3.58. The molecule has 6 aromatic rings. The maximum atomic E-state index is 12.9. The number of aromatic nitrogens is 4. The molecule has 43 heavy (non-hydrogen) atoms. The van der Waals surface area contributed by atoms with Crippen molar-refractivity contribution in [2.45, 2.75) is 32.4 Å². The fourth-order valence-corrected chi connectivity index (χ4v) is 5.87. The molecule has 1 aliphatic rings. The number of carbonyl (C=O) groups is 1. The molecule has 0 spiro atoms. The molecule has 2 aromatic carbocycles. The third-order valence-corrected chi connectivity index (χ3v) is 8.47. The first kappa shape index (κ1) is 27.2. The lowest BCUT2D eigenvalue weighted by Gasteiger charge is -2.23. The third-order valence-electron chi connectivity index (χ3n) is 7.53. The quantitative estimate of drug-likeness (QED) is 0.201. The Bertz CT molecular complexity index is 1880. The van der Waals surface area contributed by atoms with E-state index in [1.807, 2.05) is 61.8 Å². The number of ether oxygens (including phenoxy) is 3. The summed E-state index contributed by atoms with van der Waals surface area (Å²) in [7, 11) is 3.43. The van der Waals surface area contributed by atoms with Gasteiger partial charge in [-0.3, -0.25) is 4.79 Å². The van der Waals surface area contributed by atoms with Crippen LogP contribution in [-0.4, -0.2) is 63.8 Å². The molecule has 220 valence electrons. The van der Waals surface area contributed by atoms with Gasteiger partial charge in [0.2, 0.25) is 5.89 Å². The molecule has 12 heteroatoms. The molecule has 1 saturated heterocycles. The van der Waals surface area contributed by atoms with Crippen LogP contribution in [-0.2, 0) is 17.8 Å². The van der Waals surface area contributed by atoms with Crippen LogP contribution in [0.4, 0.5) is 0 Å². The van der Waals surface area contributed by atoms with Gasteiger partial charge in [-0.15, -0.1) is 16.4 Å². The molecule has 11 nitrogen and oxygen atoms in total. The van der Waals surface area contributed by atoms with Crippen LogP contribution in [0.25, 0.3) is 38.8 Å². The van der Waals surface area contributed by atoms with Gasteiger partial charge in [0.1, 0.15) is 34.4 Å². The minimum absolute atomic E-state index is 0.00762. The predicted molar refractivity (Wildman–Crippen MR) is 160 cm³/mol. The minimum atomic E-state index is -0.00762. The number of likely N-dealkylation sites (N-methyl/N-ethyl adjacent to an activating group) is 1. The number of furan rings is 1. The van der Waals surface area contributed by atoms with Crippen molar-refractivity contribution in [1.29, 1.82) is 0 Å². The highest BCUT2D eigenvalue weighted by molar-refractivity contribution is 7.13. The number of methoxy groups -OCH3 is 1. The first-order chi connectivity index (χ1) is 21.0. The Morgan fingerprint density at radius 3 is 2.77 bits per heavy atom. The van der Waals surface area contributed by atoms with Gasteiger partial charge in [0.05, 0.1) is 37.0 Å². The Morgan fingerprint density at radius 1 is 1.16 bits per heavy atom. The smallest absolute Gasteiger partial charge is 0.325 e. The van der Waals surface area contributed by atoms with Crippen LogP contribution in [0.3, 0.4) is 0 Å². The zero-order valence-corrected chi connectivity index (χ0v) is 24.7. The second-order valence-corrected chi connectivity index (χ2v) is 11.2. The van der Waals surface area contributed by atoms with Crippen molar-refractivity contribution >= 4 is 34.1 Å². The normalized spacial score (nSPS) is 15.0. The van der Waals surface area contributed by atoms with Gasteiger partial charge >= 0.3 is 5.84 Å². The molecule has 0 saturated carbocycles. The van der Waals surface area contributed by atoms with E-state index < -0.39 is 0 Å². The average molecular weight is 600 g/mol. The molecule has 5 heterocycles. The summed E-state index contributed by atoms with van der Waals surface area (Å²) in [6.45, 7) is 3.51. The molecule has 1 unspecified atom stereocenters. The van der Waals surface area contributed by atoms with Crippen molar-refractivity contribution in [2.75, 3.05) is 27.4 Å². The van der Waals surface area contributed by atoms with E-state index in [4.69, 9.17) is 28.0 Å². The summed E-state index contributed by atoms with van der Waals surface area (Å²) < 4.78 is 30.5. The van der Waals surface area contributed by atoms with Gasteiger partial charge in [-0.05, 0) is 24.6 Å². The third kappa shape index (κ3) is 5.23. The van der Waals surface area contributed by atoms with E-state index in [2.05, 4.69) is 10.1 Å². The molecular weight excluding hydrogens is 570 g/mol. The van der Waals surface area contributed by atoms with E-state index >= 15 is 0 Å². The average Bonchev–Trinajstić information content (AvgIpc) is 3.86. The summed E-state index contributed by atoms with van der Waals surface area (Å²) >= 11 is 1.53. The monoisotopic (exact) mass is 599 g/mol. The van der Waals surface area contributed by atoms with Crippen LogP contribution in [0.2, 0.25) is 0 Å². The lowest BCUT2D eigenvalue weighted by Crippen LogP contribution is -2.37. The number of aryl methyl sites for hydroxylation is 1. The van der Waals surface area contributed by atoms with Crippen molar-refractivity contribution in [3.05, 3.63) is 71.2 Å². The van der Waals surface area contributed by atoms with Crippen molar-refractivity contribution in [2.24, 2.45) is 0 Å². The SMILES string of the molecule is CCc1nn2cc(-c3cc4c(OCc5csc(-c6ccc(C(=O)N(C)C7CCOC7)cc6)n5)cc(OC)cc4o3)nc2o1. The lowest BCUT2D eigenvalue weighted by molar-refractivity contribution is 0.0711. The predicted octanol–water partition coefficient (Wildman–Crippen LogP) is 5.87. The second-order valence-electron chi connectivity index (χ2n) is 10.3. The van der Waals surface area contributed by atoms with Crippen LogP contribution >= 0.6 is 11.3 Å². The molecule has 1 aliphatic heterocycles. The molecule has 1 amide bonds. The number of benzene rings is 2. The molecule has 0 radical (unpaired) electrons. The highest BCUT2D eigenvalue weighted by atomic mass is 32.1. The lowest BCUT2D eigenvalue weighted by atomic mass is 10.1. The van der Waals surface area contributed by atoms with Crippen LogP contribution < -0.4 is 9.47 Å². The standard InChI is InChI=1S/C31H29N5O6S/c1-4-28-34-36-14-24(33-31(36)42-28)27-13-23-25(11-22(38-3)12-26(23)41-27)40-15-20-17-43-29(32-20)18-5-7-19(8-6-18)30(37)35(2)21-9-10-39-16-21/h5-8,11-14,17,21H,4,9-10,15-16H2,1-3H3. The van der Waals surface area contributed by atoms with Crippen molar-refractivity contribution < 1.29 is 27.8 Å². The Labute approximate surface area is 250 Å². The molecule has 0 bridgehead atoms. The van der Waals surface area contributed by atoms with Crippen LogP contribution in [0.1, 0.15) is 35.3 Å². The number of nitrogens with zero attached hydrogens (tertiary/aromatic N) is 5. The molecule has 4 aromatic heterocycles. The first-order valence-corrected chi connectivity index (χ1v) is 14.9. The van der Waals surface area contributed by atoms with Gasteiger partial charge in [-0.1, -0.05) is 19.1 Å². The number of fused-ring (bicyclic) bond motifs is 2. The Hall–Kier alpha value is -4.68. The number of carbonyl (C=O) groups excluding carboxylic acids is 1. The number of hydrogen-bond acceptors (Lipinski definition) is 10. The van der Waals surface area contributed by atoms with Crippen molar-refractivity contribution in [3.63, 3.8) is 0 Å². The first-order valence-electron chi connectivity index (χ1n) is 14.0. The van der Waals surface area contributed by atoms with E-state index in [1.165, 1.54) is 11.3 Å². The fraction of sp³-hybridized carbons (Fsp3) is 0.290. The molecule has 1 atom stereocenters. The van der Waals surface area contributed by atoms with Crippen molar-refractivity contribution in [3.8, 4) is 33.5 Å². The van der Waals surface area contributed by atoms with E-state index in [1.54, 1.807) is 22.7 Å².